The van der Waals surface area contributed by atoms with Crippen LogP contribution in [0.4, 0.5) is 0 Å². The lowest BCUT2D eigenvalue weighted by Crippen LogP contribution is -2.32. The molecule has 32 heavy (non-hydrogen) atoms. The SMILES string of the molecule is CC(C)NC(=O)c1cccc(C(=O)NCC2=CCC(c3ccc(S(C)(=O)=O)cc3)N=C2)n1. The van der Waals surface area contributed by atoms with Gasteiger partial charge in [-0.15, -0.1) is 0 Å². The number of nitrogens with one attached hydrogen (secondary N) is 2. The van der Waals surface area contributed by atoms with Crippen LogP contribution >= 0.6 is 0 Å². The molecule has 1 aromatic heterocycles. The van der Waals surface area contributed by atoms with Crippen LogP contribution in [0.25, 0.3) is 0 Å². The van der Waals surface area contributed by atoms with E-state index in [9.17, 15) is 18.0 Å². The number of amides is 2. The van der Waals surface area contributed by atoms with Crippen LogP contribution in [0.5, 0.6) is 0 Å². The number of benzene rings is 1. The number of hydrogen-bond acceptors (Lipinski definition) is 6. The Morgan fingerprint density at radius 2 is 1.72 bits per heavy atom. The smallest absolute Gasteiger partial charge is 0.270 e. The van der Waals surface area contributed by atoms with E-state index in [0.29, 0.717) is 6.42 Å². The Bertz CT molecular complexity index is 1170. The molecule has 1 aromatic carbocycles. The number of aliphatic imine (C=N–C) groups is 1. The van der Waals surface area contributed by atoms with E-state index in [2.05, 4.69) is 20.6 Å². The summed E-state index contributed by atoms with van der Waals surface area (Å²) in [5, 5.41) is 5.54. The molecule has 0 spiro atoms. The highest BCUT2D eigenvalue weighted by Crippen LogP contribution is 2.26. The van der Waals surface area contributed by atoms with Gasteiger partial charge in [0.1, 0.15) is 11.4 Å². The summed E-state index contributed by atoms with van der Waals surface area (Å²) >= 11 is 0. The molecule has 8 nitrogen and oxygen atoms in total. The van der Waals surface area contributed by atoms with Crippen molar-refractivity contribution >= 4 is 27.9 Å². The number of pyridine rings is 1. The maximum absolute atomic E-state index is 12.5. The molecule has 1 aliphatic rings. The number of hydrogen-bond donors (Lipinski definition) is 2. The summed E-state index contributed by atoms with van der Waals surface area (Å²) in [5.41, 5.74) is 2.14. The molecular weight excluding hydrogens is 428 g/mol. The van der Waals surface area contributed by atoms with Gasteiger partial charge in [-0.25, -0.2) is 13.4 Å². The number of nitrogens with zero attached hydrogens (tertiary/aromatic N) is 2. The van der Waals surface area contributed by atoms with E-state index in [1.165, 1.54) is 6.26 Å². The molecule has 0 saturated carbocycles. The molecule has 2 N–H and O–H groups in total. The molecule has 0 radical (unpaired) electrons. The van der Waals surface area contributed by atoms with E-state index in [1.54, 1.807) is 48.7 Å². The van der Waals surface area contributed by atoms with Crippen molar-refractivity contribution in [2.24, 2.45) is 4.99 Å². The first-order valence-electron chi connectivity index (χ1n) is 10.2. The summed E-state index contributed by atoms with van der Waals surface area (Å²) in [7, 11) is -3.23. The van der Waals surface area contributed by atoms with Gasteiger partial charge in [-0.3, -0.25) is 14.6 Å². The van der Waals surface area contributed by atoms with Gasteiger partial charge < -0.3 is 10.6 Å². The summed E-state index contributed by atoms with van der Waals surface area (Å²) < 4.78 is 23.2. The number of dihydropyridines is 1. The average Bonchev–Trinajstić information content (AvgIpc) is 2.77. The van der Waals surface area contributed by atoms with E-state index in [-0.39, 0.29) is 46.7 Å². The number of carbonyl (C=O) groups excluding carboxylic acids is 2. The molecule has 1 atom stereocenters. The Morgan fingerprint density at radius 1 is 1.06 bits per heavy atom. The van der Waals surface area contributed by atoms with Gasteiger partial charge in [-0.1, -0.05) is 24.3 Å². The summed E-state index contributed by atoms with van der Waals surface area (Å²) in [5.74, 6) is -0.704. The molecule has 3 rings (SSSR count). The number of carbonyl (C=O) groups is 2. The lowest BCUT2D eigenvalue weighted by molar-refractivity contribution is 0.0937. The highest BCUT2D eigenvalue weighted by molar-refractivity contribution is 7.90. The molecule has 2 amide bonds. The van der Waals surface area contributed by atoms with Gasteiger partial charge in [0.05, 0.1) is 10.9 Å². The largest absolute Gasteiger partial charge is 0.349 e. The van der Waals surface area contributed by atoms with E-state index < -0.39 is 9.84 Å². The number of aromatic nitrogens is 1. The molecule has 9 heteroatoms. The molecule has 0 bridgehead atoms. The maximum atomic E-state index is 12.5. The first-order chi connectivity index (χ1) is 15.1. The quantitative estimate of drug-likeness (QED) is 0.667. The van der Waals surface area contributed by atoms with Gasteiger partial charge in [0.2, 0.25) is 0 Å². The fourth-order valence-electron chi connectivity index (χ4n) is 3.14. The number of rotatable bonds is 7. The van der Waals surface area contributed by atoms with Crippen LogP contribution in [0.2, 0.25) is 0 Å². The zero-order valence-corrected chi connectivity index (χ0v) is 19.0. The zero-order valence-electron chi connectivity index (χ0n) is 18.2. The maximum Gasteiger partial charge on any atom is 0.270 e. The Morgan fingerprint density at radius 3 is 2.28 bits per heavy atom. The monoisotopic (exact) mass is 454 g/mol. The molecule has 1 aliphatic heterocycles. The zero-order chi connectivity index (χ0) is 23.3. The normalized spacial score (nSPS) is 15.9. The van der Waals surface area contributed by atoms with Gasteiger partial charge in [-0.05, 0) is 55.7 Å². The second-order valence-corrected chi connectivity index (χ2v) is 9.88. The van der Waals surface area contributed by atoms with Crippen LogP contribution in [-0.2, 0) is 9.84 Å². The topological polar surface area (TPSA) is 118 Å². The fourth-order valence-corrected chi connectivity index (χ4v) is 3.77. The summed E-state index contributed by atoms with van der Waals surface area (Å²) in [4.78, 5) is 33.5. The van der Waals surface area contributed by atoms with Crippen LogP contribution in [-0.4, -0.2) is 50.3 Å². The average molecular weight is 455 g/mol. The third-order valence-corrected chi connectivity index (χ3v) is 5.93. The first-order valence-corrected chi connectivity index (χ1v) is 12.1. The van der Waals surface area contributed by atoms with Crippen molar-refractivity contribution < 1.29 is 18.0 Å². The second kappa shape index (κ2) is 9.86. The molecule has 0 fully saturated rings. The van der Waals surface area contributed by atoms with Crippen LogP contribution in [0.3, 0.4) is 0 Å². The van der Waals surface area contributed by atoms with Crippen molar-refractivity contribution in [1.82, 2.24) is 15.6 Å². The van der Waals surface area contributed by atoms with Crippen LogP contribution in [0, 0.1) is 0 Å². The number of sulfone groups is 1. The minimum atomic E-state index is -3.23. The molecule has 2 heterocycles. The highest BCUT2D eigenvalue weighted by atomic mass is 32.2. The Labute approximate surface area is 187 Å². The predicted molar refractivity (Wildman–Crippen MR) is 123 cm³/mol. The van der Waals surface area contributed by atoms with Gasteiger partial charge in [0.15, 0.2) is 9.84 Å². The van der Waals surface area contributed by atoms with E-state index in [1.807, 2.05) is 19.9 Å². The van der Waals surface area contributed by atoms with Crippen molar-refractivity contribution in [1.29, 1.82) is 0 Å². The molecule has 0 aliphatic carbocycles. The molecule has 168 valence electrons. The van der Waals surface area contributed by atoms with Crippen LogP contribution in [0.1, 0.15) is 52.9 Å². The predicted octanol–water partition coefficient (Wildman–Crippen LogP) is 2.50. The van der Waals surface area contributed by atoms with Gasteiger partial charge in [-0.2, -0.15) is 0 Å². The molecule has 0 saturated heterocycles. The lowest BCUT2D eigenvalue weighted by atomic mass is 10.0. The van der Waals surface area contributed by atoms with E-state index in [4.69, 9.17) is 0 Å². The van der Waals surface area contributed by atoms with Crippen molar-refractivity contribution in [2.45, 2.75) is 37.2 Å². The van der Waals surface area contributed by atoms with E-state index in [0.717, 1.165) is 11.1 Å². The first kappa shape index (κ1) is 23.3. The Balaban J connectivity index is 1.56. The Hall–Kier alpha value is -3.33. The molecular formula is C23H26N4O4S. The van der Waals surface area contributed by atoms with Crippen molar-refractivity contribution in [3.63, 3.8) is 0 Å². The summed E-state index contributed by atoms with van der Waals surface area (Å²) in [6, 6.07) is 11.3. The van der Waals surface area contributed by atoms with Crippen molar-refractivity contribution in [3.8, 4) is 0 Å². The van der Waals surface area contributed by atoms with Crippen molar-refractivity contribution in [2.75, 3.05) is 12.8 Å². The minimum Gasteiger partial charge on any atom is -0.349 e. The van der Waals surface area contributed by atoms with Gasteiger partial charge in [0.25, 0.3) is 11.8 Å². The molecule has 1 unspecified atom stereocenters. The fraction of sp³-hybridized carbons (Fsp3) is 0.304. The third-order valence-electron chi connectivity index (χ3n) is 4.80. The third kappa shape index (κ3) is 6.10. The van der Waals surface area contributed by atoms with Crippen LogP contribution < -0.4 is 10.6 Å². The minimum absolute atomic E-state index is 0.0271. The standard InChI is InChI=1S/C23H26N4O4S/c1-15(2)26-23(29)21-6-4-5-20(27-21)22(28)25-14-16-7-12-19(24-13-16)17-8-10-18(11-9-17)32(3,30)31/h4-11,13,15,19H,12,14H2,1-3H3,(H,25,28)(H,26,29). The Kier molecular flexibility index (Phi) is 7.19. The highest BCUT2D eigenvalue weighted by Gasteiger charge is 2.16. The lowest BCUT2D eigenvalue weighted by Gasteiger charge is -2.17. The summed E-state index contributed by atoms with van der Waals surface area (Å²) in [6.07, 6.45) is 5.51. The van der Waals surface area contributed by atoms with Crippen molar-refractivity contribution in [3.05, 3.63) is 71.1 Å². The van der Waals surface area contributed by atoms with Crippen LogP contribution in [0.15, 0.2) is 64.0 Å². The molecule has 2 aromatic rings. The summed E-state index contributed by atoms with van der Waals surface area (Å²) in [6.45, 7) is 3.98. The van der Waals surface area contributed by atoms with Gasteiger partial charge >= 0.3 is 0 Å². The van der Waals surface area contributed by atoms with Gasteiger partial charge in [0, 0.05) is 25.1 Å². The van der Waals surface area contributed by atoms with E-state index >= 15 is 0 Å². The second-order valence-electron chi connectivity index (χ2n) is 7.87.